The first kappa shape index (κ1) is 15.9. The molecule has 1 aromatic carbocycles. The summed E-state index contributed by atoms with van der Waals surface area (Å²) < 4.78 is 15.3. The van der Waals surface area contributed by atoms with Crippen molar-refractivity contribution in [3.8, 4) is 0 Å². The van der Waals surface area contributed by atoms with Gasteiger partial charge in [0.1, 0.15) is 5.82 Å². The number of rotatable bonds is 5. The minimum Gasteiger partial charge on any atom is -0.348 e. The fourth-order valence-electron chi connectivity index (χ4n) is 2.71. The van der Waals surface area contributed by atoms with Crippen LogP contribution < -0.4 is 5.32 Å². The molecule has 4 rings (SSSR count). The summed E-state index contributed by atoms with van der Waals surface area (Å²) in [4.78, 5) is 13.3. The number of benzene rings is 1. The van der Waals surface area contributed by atoms with E-state index in [-0.39, 0.29) is 23.5 Å². The van der Waals surface area contributed by atoms with Crippen molar-refractivity contribution in [1.82, 2.24) is 25.5 Å². The summed E-state index contributed by atoms with van der Waals surface area (Å²) >= 11 is 3.04. The van der Waals surface area contributed by atoms with Gasteiger partial charge >= 0.3 is 0 Å². The van der Waals surface area contributed by atoms with Crippen molar-refractivity contribution in [2.24, 2.45) is 0 Å². The maximum absolute atomic E-state index is 13.5. The fourth-order valence-corrected chi connectivity index (χ4v) is 4.57. The van der Waals surface area contributed by atoms with Crippen LogP contribution in [0.4, 0.5) is 4.39 Å². The van der Waals surface area contributed by atoms with Gasteiger partial charge in [0.05, 0.1) is 17.8 Å². The Morgan fingerprint density at radius 1 is 1.42 bits per heavy atom. The molecular weight excluding hydrogens is 349 g/mol. The molecule has 1 aromatic heterocycles. The van der Waals surface area contributed by atoms with Gasteiger partial charge in [-0.25, -0.2) is 9.07 Å². The normalized spacial score (nSPS) is 19.8. The number of fused-ring (bicyclic) bond motifs is 1. The van der Waals surface area contributed by atoms with Gasteiger partial charge in [0.15, 0.2) is 0 Å². The van der Waals surface area contributed by atoms with Crippen LogP contribution in [0, 0.1) is 5.82 Å². The summed E-state index contributed by atoms with van der Waals surface area (Å²) in [7, 11) is 0. The zero-order valence-corrected chi connectivity index (χ0v) is 14.4. The van der Waals surface area contributed by atoms with E-state index in [2.05, 4.69) is 20.8 Å². The van der Waals surface area contributed by atoms with Crippen molar-refractivity contribution in [2.75, 3.05) is 11.5 Å². The van der Waals surface area contributed by atoms with Crippen LogP contribution in [0.5, 0.6) is 0 Å². The molecule has 6 nitrogen and oxygen atoms in total. The molecule has 1 saturated carbocycles. The number of nitrogens with one attached hydrogen (secondary N) is 1. The Morgan fingerprint density at radius 2 is 2.29 bits per heavy atom. The molecule has 1 aliphatic heterocycles. The second-order valence-electron chi connectivity index (χ2n) is 5.87. The van der Waals surface area contributed by atoms with E-state index < -0.39 is 0 Å². The molecule has 1 unspecified atom stereocenters. The molecule has 126 valence electrons. The number of hydrogen-bond donors (Lipinski definition) is 1. The summed E-state index contributed by atoms with van der Waals surface area (Å²) in [5.41, 5.74) is 0.868. The molecule has 0 spiro atoms. The molecule has 1 aliphatic carbocycles. The summed E-state index contributed by atoms with van der Waals surface area (Å²) in [5.74, 6) is 0.809. The predicted octanol–water partition coefficient (Wildman–Crippen LogP) is 2.59. The van der Waals surface area contributed by atoms with Crippen LogP contribution in [0.15, 0.2) is 28.3 Å². The minimum atomic E-state index is -0.270. The molecule has 0 bridgehead atoms. The van der Waals surface area contributed by atoms with Gasteiger partial charge < -0.3 is 5.32 Å². The maximum atomic E-state index is 13.5. The molecule has 1 fully saturated rings. The SMILES string of the molecule is O=C(CSc1nnnn1C1CC1)NC1CCSc2ccc(F)cc21. The Hall–Kier alpha value is -1.61. The standard InChI is InChI=1S/C15H16FN5OS2/c16-9-1-4-13-11(7-9)12(5-6-23-13)17-14(22)8-24-15-18-19-20-21(15)10-2-3-10/h1,4,7,10,12H,2-3,5-6,8H2,(H,17,22). The number of hydrogen-bond acceptors (Lipinski definition) is 6. The molecule has 1 N–H and O–H groups in total. The number of amides is 1. The second kappa shape index (κ2) is 6.72. The Morgan fingerprint density at radius 3 is 3.12 bits per heavy atom. The van der Waals surface area contributed by atoms with E-state index in [1.807, 2.05) is 0 Å². The van der Waals surface area contributed by atoms with Crippen LogP contribution >= 0.6 is 23.5 Å². The lowest BCUT2D eigenvalue weighted by Crippen LogP contribution is -2.32. The largest absolute Gasteiger partial charge is 0.348 e. The number of thioether (sulfide) groups is 2. The van der Waals surface area contributed by atoms with Crippen molar-refractivity contribution in [3.63, 3.8) is 0 Å². The molecule has 9 heteroatoms. The summed E-state index contributed by atoms with van der Waals surface area (Å²) in [6.45, 7) is 0. The topological polar surface area (TPSA) is 72.7 Å². The molecular formula is C15H16FN5OS2. The van der Waals surface area contributed by atoms with Crippen LogP contribution in [0.3, 0.4) is 0 Å². The third kappa shape index (κ3) is 3.41. The zero-order chi connectivity index (χ0) is 16.5. The Labute approximate surface area is 147 Å². The average Bonchev–Trinajstić information content (AvgIpc) is 3.32. The molecule has 0 saturated heterocycles. The smallest absolute Gasteiger partial charge is 0.230 e. The van der Waals surface area contributed by atoms with Crippen LogP contribution in [0.2, 0.25) is 0 Å². The van der Waals surface area contributed by atoms with Gasteiger partial charge in [0.25, 0.3) is 0 Å². The van der Waals surface area contributed by atoms with Crippen LogP contribution in [-0.2, 0) is 4.79 Å². The first-order valence-electron chi connectivity index (χ1n) is 7.83. The van der Waals surface area contributed by atoms with E-state index >= 15 is 0 Å². The van der Waals surface area contributed by atoms with Gasteiger partial charge in [-0.15, -0.1) is 16.9 Å². The van der Waals surface area contributed by atoms with Gasteiger partial charge in [0, 0.05) is 10.6 Å². The zero-order valence-electron chi connectivity index (χ0n) is 12.8. The molecule has 1 atom stereocenters. The molecule has 1 amide bonds. The molecule has 2 aliphatic rings. The number of nitrogens with zero attached hydrogens (tertiary/aromatic N) is 4. The Balaban J connectivity index is 1.38. The van der Waals surface area contributed by atoms with Crippen molar-refractivity contribution in [1.29, 1.82) is 0 Å². The van der Waals surface area contributed by atoms with Gasteiger partial charge in [-0.3, -0.25) is 4.79 Å². The number of carbonyl (C=O) groups is 1. The highest BCUT2D eigenvalue weighted by atomic mass is 32.2. The molecule has 0 radical (unpaired) electrons. The van der Waals surface area contributed by atoms with Crippen molar-refractivity contribution < 1.29 is 9.18 Å². The van der Waals surface area contributed by atoms with Crippen LogP contribution in [0.1, 0.15) is 36.9 Å². The first-order chi connectivity index (χ1) is 11.7. The highest BCUT2D eigenvalue weighted by molar-refractivity contribution is 7.99. The lowest BCUT2D eigenvalue weighted by molar-refractivity contribution is -0.119. The Bertz CT molecular complexity index is 764. The van der Waals surface area contributed by atoms with Crippen molar-refractivity contribution in [2.45, 2.75) is 41.4 Å². The van der Waals surface area contributed by atoms with Crippen molar-refractivity contribution >= 4 is 29.4 Å². The number of halogens is 1. The van der Waals surface area contributed by atoms with E-state index in [0.29, 0.717) is 11.2 Å². The van der Waals surface area contributed by atoms with Crippen molar-refractivity contribution in [3.05, 3.63) is 29.6 Å². The number of aromatic nitrogens is 4. The van der Waals surface area contributed by atoms with E-state index in [1.54, 1.807) is 22.5 Å². The summed E-state index contributed by atoms with van der Waals surface area (Å²) in [5, 5.41) is 15.3. The van der Waals surface area contributed by atoms with Gasteiger partial charge in [-0.05, 0) is 53.5 Å². The molecule has 2 heterocycles. The highest BCUT2D eigenvalue weighted by Crippen LogP contribution is 2.37. The van der Waals surface area contributed by atoms with E-state index in [9.17, 15) is 9.18 Å². The van der Waals surface area contributed by atoms with E-state index in [0.717, 1.165) is 35.5 Å². The number of carbonyl (C=O) groups excluding carboxylic acids is 1. The third-order valence-electron chi connectivity index (χ3n) is 4.03. The lowest BCUT2D eigenvalue weighted by atomic mass is 10.0. The highest BCUT2D eigenvalue weighted by Gasteiger charge is 2.28. The lowest BCUT2D eigenvalue weighted by Gasteiger charge is -2.25. The van der Waals surface area contributed by atoms with Crippen LogP contribution in [0.25, 0.3) is 0 Å². The second-order valence-corrected chi connectivity index (χ2v) is 7.94. The van der Waals surface area contributed by atoms with E-state index in [4.69, 9.17) is 0 Å². The fraction of sp³-hybridized carbons (Fsp3) is 0.467. The van der Waals surface area contributed by atoms with E-state index in [1.165, 1.54) is 23.9 Å². The summed E-state index contributed by atoms with van der Waals surface area (Å²) in [6, 6.07) is 5.02. The quantitative estimate of drug-likeness (QED) is 0.821. The summed E-state index contributed by atoms with van der Waals surface area (Å²) in [6.07, 6.45) is 2.98. The Kier molecular flexibility index (Phi) is 4.45. The molecule has 2 aromatic rings. The van der Waals surface area contributed by atoms with Gasteiger partial charge in [-0.2, -0.15) is 0 Å². The third-order valence-corrected chi connectivity index (χ3v) is 6.09. The first-order valence-corrected chi connectivity index (χ1v) is 9.80. The monoisotopic (exact) mass is 365 g/mol. The average molecular weight is 365 g/mol. The minimum absolute atomic E-state index is 0.0857. The predicted molar refractivity (Wildman–Crippen MR) is 89.4 cm³/mol. The van der Waals surface area contributed by atoms with Gasteiger partial charge in [-0.1, -0.05) is 11.8 Å². The van der Waals surface area contributed by atoms with Gasteiger partial charge in [0.2, 0.25) is 11.1 Å². The van der Waals surface area contributed by atoms with Crippen LogP contribution in [-0.4, -0.2) is 37.6 Å². The maximum Gasteiger partial charge on any atom is 0.230 e. The number of tetrazole rings is 1. The molecule has 24 heavy (non-hydrogen) atoms.